The first-order chi connectivity index (χ1) is 8.67. The molecule has 1 aromatic heterocycles. The van der Waals surface area contributed by atoms with Crippen LogP contribution < -0.4 is 11.3 Å². The summed E-state index contributed by atoms with van der Waals surface area (Å²) in [5, 5.41) is 0. The summed E-state index contributed by atoms with van der Waals surface area (Å²) in [6.07, 6.45) is 6.98. The van der Waals surface area contributed by atoms with Gasteiger partial charge in [0.1, 0.15) is 0 Å². The lowest BCUT2D eigenvalue weighted by Crippen LogP contribution is -2.30. The lowest BCUT2D eigenvalue weighted by Gasteiger charge is -2.26. The minimum atomic E-state index is 0.284. The first kappa shape index (κ1) is 13.6. The van der Waals surface area contributed by atoms with Gasteiger partial charge in [0.15, 0.2) is 0 Å². The SMILES string of the molecule is NNC(CC1CC2CCC1C2)c1cc(Br)sc1Br. The molecule has 0 amide bonds. The maximum Gasteiger partial charge on any atom is 0.0758 e. The number of hydrazine groups is 1. The van der Waals surface area contributed by atoms with Gasteiger partial charge < -0.3 is 0 Å². The molecule has 1 aromatic rings. The first-order valence-corrected chi connectivity index (χ1v) is 8.98. The zero-order chi connectivity index (χ0) is 12.7. The summed E-state index contributed by atoms with van der Waals surface area (Å²) >= 11 is 8.91. The molecule has 3 N–H and O–H groups in total. The van der Waals surface area contributed by atoms with Crippen LogP contribution in [0.5, 0.6) is 0 Å². The number of nitrogens with two attached hydrogens (primary N) is 1. The van der Waals surface area contributed by atoms with E-state index >= 15 is 0 Å². The highest BCUT2D eigenvalue weighted by molar-refractivity contribution is 9.12. The normalized spacial score (nSPS) is 32.1. The minimum absolute atomic E-state index is 0.284. The fourth-order valence-electron chi connectivity index (χ4n) is 3.84. The predicted octanol–water partition coefficient (Wildman–Crippen LogP) is 4.60. The van der Waals surface area contributed by atoms with Gasteiger partial charge in [0.05, 0.1) is 7.57 Å². The summed E-state index contributed by atoms with van der Waals surface area (Å²) in [6, 6.07) is 2.47. The van der Waals surface area contributed by atoms with Crippen LogP contribution in [0.15, 0.2) is 13.6 Å². The molecule has 2 saturated carbocycles. The minimum Gasteiger partial charge on any atom is -0.271 e. The van der Waals surface area contributed by atoms with Crippen molar-refractivity contribution in [2.45, 2.75) is 38.1 Å². The van der Waals surface area contributed by atoms with Crippen molar-refractivity contribution in [3.63, 3.8) is 0 Å². The summed E-state index contributed by atoms with van der Waals surface area (Å²) in [5.74, 6) is 8.62. The number of hydrogen-bond acceptors (Lipinski definition) is 3. The van der Waals surface area contributed by atoms with Crippen LogP contribution in [0.3, 0.4) is 0 Å². The monoisotopic (exact) mass is 392 g/mol. The Labute approximate surface area is 129 Å². The molecule has 3 rings (SSSR count). The van der Waals surface area contributed by atoms with Crippen molar-refractivity contribution in [2.24, 2.45) is 23.6 Å². The molecule has 100 valence electrons. The standard InChI is InChI=1S/C13H18Br2N2S/c14-12-6-10(13(15)18-12)11(17-16)5-9-4-7-1-2-8(9)3-7/h6-9,11,17H,1-5,16H2. The number of thiophene rings is 1. The maximum atomic E-state index is 5.78. The van der Waals surface area contributed by atoms with Gasteiger partial charge >= 0.3 is 0 Å². The highest BCUT2D eigenvalue weighted by Gasteiger charge is 2.40. The smallest absolute Gasteiger partial charge is 0.0758 e. The second-order valence-electron chi connectivity index (χ2n) is 5.67. The van der Waals surface area contributed by atoms with Crippen LogP contribution in [0.2, 0.25) is 0 Å². The lowest BCUT2D eigenvalue weighted by atomic mass is 9.83. The molecule has 5 heteroatoms. The van der Waals surface area contributed by atoms with E-state index in [1.54, 1.807) is 11.3 Å². The van der Waals surface area contributed by atoms with Gasteiger partial charge in [0.25, 0.3) is 0 Å². The van der Waals surface area contributed by atoms with E-state index in [1.807, 2.05) is 0 Å². The molecule has 0 spiro atoms. The van der Waals surface area contributed by atoms with Crippen molar-refractivity contribution in [1.29, 1.82) is 0 Å². The first-order valence-electron chi connectivity index (χ1n) is 6.58. The van der Waals surface area contributed by atoms with Crippen molar-refractivity contribution >= 4 is 43.2 Å². The van der Waals surface area contributed by atoms with Gasteiger partial charge in [-0.3, -0.25) is 11.3 Å². The average molecular weight is 394 g/mol. The predicted molar refractivity (Wildman–Crippen MR) is 83.3 cm³/mol. The molecule has 2 aliphatic carbocycles. The molecule has 18 heavy (non-hydrogen) atoms. The van der Waals surface area contributed by atoms with Crippen molar-refractivity contribution in [2.75, 3.05) is 0 Å². The highest BCUT2D eigenvalue weighted by atomic mass is 79.9. The largest absolute Gasteiger partial charge is 0.271 e. The Morgan fingerprint density at radius 1 is 1.39 bits per heavy atom. The van der Waals surface area contributed by atoms with Gasteiger partial charge in [0, 0.05) is 6.04 Å². The molecule has 4 atom stereocenters. The molecule has 0 saturated heterocycles. The van der Waals surface area contributed by atoms with Crippen LogP contribution in [-0.4, -0.2) is 0 Å². The molecule has 2 aliphatic rings. The molecule has 4 unspecified atom stereocenters. The second kappa shape index (κ2) is 5.52. The summed E-state index contributed by atoms with van der Waals surface area (Å²) in [5.41, 5.74) is 4.32. The van der Waals surface area contributed by atoms with E-state index in [4.69, 9.17) is 5.84 Å². The topological polar surface area (TPSA) is 38.0 Å². The van der Waals surface area contributed by atoms with E-state index in [0.29, 0.717) is 0 Å². The third-order valence-electron chi connectivity index (χ3n) is 4.68. The van der Waals surface area contributed by atoms with Crippen LogP contribution in [0.1, 0.15) is 43.7 Å². The van der Waals surface area contributed by atoms with E-state index in [1.165, 1.54) is 41.5 Å². The molecular weight excluding hydrogens is 376 g/mol. The van der Waals surface area contributed by atoms with E-state index in [9.17, 15) is 0 Å². The van der Waals surface area contributed by atoms with Crippen molar-refractivity contribution in [1.82, 2.24) is 5.43 Å². The van der Waals surface area contributed by atoms with Crippen LogP contribution >= 0.6 is 43.2 Å². The van der Waals surface area contributed by atoms with Gasteiger partial charge in [-0.1, -0.05) is 6.42 Å². The number of halogens is 2. The average Bonchev–Trinajstić information content (AvgIpc) is 3.01. The molecule has 0 radical (unpaired) electrons. The van der Waals surface area contributed by atoms with E-state index in [0.717, 1.165) is 21.5 Å². The fourth-order valence-corrected chi connectivity index (χ4v) is 6.82. The Hall–Kier alpha value is 0.580. The third-order valence-corrected chi connectivity index (χ3v) is 7.07. The second-order valence-corrected chi connectivity index (χ2v) is 9.42. The number of fused-ring (bicyclic) bond motifs is 2. The van der Waals surface area contributed by atoms with Gasteiger partial charge in [0.2, 0.25) is 0 Å². The van der Waals surface area contributed by atoms with Crippen LogP contribution in [0.4, 0.5) is 0 Å². The number of hydrogen-bond donors (Lipinski definition) is 2. The fraction of sp³-hybridized carbons (Fsp3) is 0.692. The third kappa shape index (κ3) is 2.57. The van der Waals surface area contributed by atoms with Crippen LogP contribution in [0, 0.1) is 17.8 Å². The molecule has 0 aliphatic heterocycles. The summed E-state index contributed by atoms with van der Waals surface area (Å²) in [7, 11) is 0. The Morgan fingerprint density at radius 3 is 2.72 bits per heavy atom. The Balaban J connectivity index is 1.71. The summed E-state index contributed by atoms with van der Waals surface area (Å²) in [4.78, 5) is 0. The van der Waals surface area contributed by atoms with Crippen molar-refractivity contribution < 1.29 is 0 Å². The molecular formula is C13H18Br2N2S. The number of nitrogens with one attached hydrogen (secondary N) is 1. The van der Waals surface area contributed by atoms with E-state index < -0.39 is 0 Å². The molecule has 2 fully saturated rings. The van der Waals surface area contributed by atoms with Crippen molar-refractivity contribution in [3.8, 4) is 0 Å². The lowest BCUT2D eigenvalue weighted by molar-refractivity contribution is 0.280. The van der Waals surface area contributed by atoms with Crippen LogP contribution in [-0.2, 0) is 0 Å². The van der Waals surface area contributed by atoms with Gasteiger partial charge in [-0.05, 0) is 86.9 Å². The summed E-state index contributed by atoms with van der Waals surface area (Å²) < 4.78 is 2.36. The van der Waals surface area contributed by atoms with E-state index in [2.05, 4.69) is 43.4 Å². The zero-order valence-corrected chi connectivity index (χ0v) is 14.2. The van der Waals surface area contributed by atoms with Gasteiger partial charge in [-0.15, -0.1) is 11.3 Å². The Bertz CT molecular complexity index is 435. The maximum absolute atomic E-state index is 5.78. The molecule has 2 nitrogen and oxygen atoms in total. The molecule has 0 aromatic carbocycles. The Morgan fingerprint density at radius 2 is 2.22 bits per heavy atom. The zero-order valence-electron chi connectivity index (χ0n) is 10.2. The van der Waals surface area contributed by atoms with Gasteiger partial charge in [-0.2, -0.15) is 0 Å². The van der Waals surface area contributed by atoms with Crippen molar-refractivity contribution in [3.05, 3.63) is 19.2 Å². The number of rotatable bonds is 4. The van der Waals surface area contributed by atoms with Crippen LogP contribution in [0.25, 0.3) is 0 Å². The molecule has 2 bridgehead atoms. The van der Waals surface area contributed by atoms with E-state index in [-0.39, 0.29) is 6.04 Å². The van der Waals surface area contributed by atoms with Gasteiger partial charge in [-0.25, -0.2) is 0 Å². The quantitative estimate of drug-likeness (QED) is 0.579. The Kier molecular flexibility index (Phi) is 4.16. The molecule has 1 heterocycles. The summed E-state index contributed by atoms with van der Waals surface area (Å²) in [6.45, 7) is 0. The highest BCUT2D eigenvalue weighted by Crippen LogP contribution is 2.51.